The normalized spacial score (nSPS) is 10.8. The van der Waals surface area contributed by atoms with Crippen LogP contribution < -0.4 is 10.1 Å². The molecule has 0 radical (unpaired) electrons. The van der Waals surface area contributed by atoms with Crippen LogP contribution in [0, 0.1) is 5.82 Å². The number of hydrogen-bond acceptors (Lipinski definition) is 5. The van der Waals surface area contributed by atoms with Crippen molar-refractivity contribution in [3.05, 3.63) is 114 Å². The predicted octanol–water partition coefficient (Wildman–Crippen LogP) is 6.47. The molecule has 0 aliphatic heterocycles. The quantitative estimate of drug-likeness (QED) is 0.112. The van der Waals surface area contributed by atoms with Gasteiger partial charge in [0, 0.05) is 36.4 Å². The molecule has 39 heavy (non-hydrogen) atoms. The Morgan fingerprint density at radius 3 is 2.69 bits per heavy atom. The summed E-state index contributed by atoms with van der Waals surface area (Å²) < 4.78 is 21.1. The molecule has 0 fully saturated rings. The number of allylic oxidation sites excluding steroid dienone is 1. The van der Waals surface area contributed by atoms with Gasteiger partial charge in [-0.3, -0.25) is 9.36 Å². The topological polar surface area (TPSA) is 69.0 Å². The lowest BCUT2D eigenvalue weighted by Gasteiger charge is -2.12. The number of benzene rings is 3. The minimum atomic E-state index is -0.251. The summed E-state index contributed by atoms with van der Waals surface area (Å²) in [6.45, 7) is 4.29. The van der Waals surface area contributed by atoms with E-state index in [2.05, 4.69) is 38.8 Å². The molecule has 0 aliphatic rings. The van der Waals surface area contributed by atoms with E-state index >= 15 is 0 Å². The molecule has 3 aromatic carbocycles. The van der Waals surface area contributed by atoms with Crippen molar-refractivity contribution >= 4 is 17.7 Å². The van der Waals surface area contributed by atoms with Crippen LogP contribution in [0.1, 0.15) is 41.8 Å². The van der Waals surface area contributed by atoms with Gasteiger partial charge in [-0.25, -0.2) is 4.39 Å². The van der Waals surface area contributed by atoms with E-state index in [1.54, 1.807) is 13.2 Å². The van der Waals surface area contributed by atoms with Crippen LogP contribution in [0.15, 0.2) is 90.6 Å². The van der Waals surface area contributed by atoms with E-state index in [0.29, 0.717) is 25.1 Å². The van der Waals surface area contributed by atoms with Crippen molar-refractivity contribution in [2.45, 2.75) is 49.6 Å². The highest BCUT2D eigenvalue weighted by Gasteiger charge is 2.15. The first-order chi connectivity index (χ1) is 19.1. The number of aryl methyl sites for hydroxylation is 1. The molecule has 0 unspecified atom stereocenters. The van der Waals surface area contributed by atoms with Crippen LogP contribution >= 0.6 is 11.8 Å². The first-order valence-corrected chi connectivity index (χ1v) is 14.0. The first-order valence-electron chi connectivity index (χ1n) is 13.0. The van der Waals surface area contributed by atoms with Gasteiger partial charge in [-0.2, -0.15) is 0 Å². The highest BCUT2D eigenvalue weighted by Crippen LogP contribution is 2.27. The van der Waals surface area contributed by atoms with Gasteiger partial charge in [0.25, 0.3) is 0 Å². The van der Waals surface area contributed by atoms with Crippen molar-refractivity contribution in [1.82, 2.24) is 20.1 Å². The number of aromatic nitrogens is 3. The van der Waals surface area contributed by atoms with E-state index in [1.807, 2.05) is 48.5 Å². The van der Waals surface area contributed by atoms with Crippen molar-refractivity contribution < 1.29 is 13.9 Å². The van der Waals surface area contributed by atoms with Crippen LogP contribution in [0.2, 0.25) is 0 Å². The summed E-state index contributed by atoms with van der Waals surface area (Å²) >= 11 is 1.52. The number of halogens is 1. The molecule has 6 nitrogen and oxygen atoms in total. The molecular formula is C31H33FN4O2S. The van der Waals surface area contributed by atoms with Crippen LogP contribution in [0.3, 0.4) is 0 Å². The lowest BCUT2D eigenvalue weighted by Crippen LogP contribution is -2.22. The zero-order chi connectivity index (χ0) is 27.5. The number of methoxy groups -OCH3 is 1. The average molecular weight is 545 g/mol. The molecule has 4 rings (SSSR count). The number of para-hydroxylation sites is 1. The molecular weight excluding hydrogens is 511 g/mol. The molecule has 1 aromatic heterocycles. The zero-order valence-electron chi connectivity index (χ0n) is 22.1. The maximum atomic E-state index is 13.7. The van der Waals surface area contributed by atoms with Gasteiger partial charge >= 0.3 is 0 Å². The second kappa shape index (κ2) is 14.3. The van der Waals surface area contributed by atoms with Crippen LogP contribution in [-0.4, -0.2) is 27.8 Å². The van der Waals surface area contributed by atoms with Gasteiger partial charge in [0.15, 0.2) is 5.16 Å². The summed E-state index contributed by atoms with van der Waals surface area (Å²) in [7, 11) is 1.63. The number of amides is 1. The fourth-order valence-electron chi connectivity index (χ4n) is 4.28. The van der Waals surface area contributed by atoms with Gasteiger partial charge in [-0.05, 0) is 60.7 Å². The molecule has 0 saturated carbocycles. The third-order valence-electron chi connectivity index (χ3n) is 6.23. The summed E-state index contributed by atoms with van der Waals surface area (Å²) in [5, 5.41) is 12.7. The fourth-order valence-corrected chi connectivity index (χ4v) is 5.19. The third-order valence-corrected chi connectivity index (χ3v) is 7.23. The molecule has 0 bridgehead atoms. The average Bonchev–Trinajstić information content (AvgIpc) is 3.36. The molecule has 1 heterocycles. The summed E-state index contributed by atoms with van der Waals surface area (Å²) in [6.07, 6.45) is 5.28. The molecule has 0 spiro atoms. The summed E-state index contributed by atoms with van der Waals surface area (Å²) in [5.74, 6) is 1.93. The van der Waals surface area contributed by atoms with E-state index in [4.69, 9.17) is 4.74 Å². The standard InChI is InChI=1S/C31H33FN4O2S/c1-3-10-23-11-9-15-27(20-23)36-29(34-35-31(36)39-22-24-12-8-14-26(32)19-24)17-6-7-18-30(37)33-21-25-13-4-5-16-28(25)38-2/h3-5,8-9,11-16,19-20H,1,6-7,10,17-18,21-22H2,2H3,(H,33,37). The molecule has 0 saturated heterocycles. The Balaban J connectivity index is 1.39. The molecule has 0 atom stereocenters. The highest BCUT2D eigenvalue weighted by atomic mass is 32.2. The Morgan fingerprint density at radius 1 is 1.05 bits per heavy atom. The zero-order valence-corrected chi connectivity index (χ0v) is 22.9. The summed E-state index contributed by atoms with van der Waals surface area (Å²) in [6, 6.07) is 22.5. The minimum Gasteiger partial charge on any atom is -0.496 e. The Hall–Kier alpha value is -3.91. The molecule has 0 aliphatic carbocycles. The van der Waals surface area contributed by atoms with E-state index in [0.717, 1.165) is 58.4 Å². The number of carbonyl (C=O) groups excluding carboxylic acids is 1. The summed E-state index contributed by atoms with van der Waals surface area (Å²) in [4.78, 5) is 12.4. The maximum Gasteiger partial charge on any atom is 0.220 e. The van der Waals surface area contributed by atoms with Crippen molar-refractivity contribution in [1.29, 1.82) is 0 Å². The third kappa shape index (κ3) is 8.04. The lowest BCUT2D eigenvalue weighted by atomic mass is 10.1. The van der Waals surface area contributed by atoms with Gasteiger partial charge in [-0.1, -0.05) is 60.3 Å². The van der Waals surface area contributed by atoms with Crippen molar-refractivity contribution in [2.75, 3.05) is 7.11 Å². The second-order valence-electron chi connectivity index (χ2n) is 9.11. The van der Waals surface area contributed by atoms with Gasteiger partial charge in [0.05, 0.1) is 7.11 Å². The van der Waals surface area contributed by atoms with Gasteiger partial charge in [-0.15, -0.1) is 16.8 Å². The SMILES string of the molecule is C=CCc1cccc(-n2c(CCCCC(=O)NCc3ccccc3OC)nnc2SCc2cccc(F)c2)c1. The van der Waals surface area contributed by atoms with Gasteiger partial charge in [0.1, 0.15) is 17.4 Å². The van der Waals surface area contributed by atoms with E-state index in [-0.39, 0.29) is 11.7 Å². The number of thioether (sulfide) groups is 1. The van der Waals surface area contributed by atoms with Crippen molar-refractivity contribution in [2.24, 2.45) is 0 Å². The van der Waals surface area contributed by atoms with Crippen LogP contribution in [0.4, 0.5) is 4.39 Å². The molecule has 1 N–H and O–H groups in total. The number of nitrogens with zero attached hydrogens (tertiary/aromatic N) is 3. The van der Waals surface area contributed by atoms with Crippen LogP contribution in [0.25, 0.3) is 5.69 Å². The van der Waals surface area contributed by atoms with Gasteiger partial charge in [0.2, 0.25) is 5.91 Å². The van der Waals surface area contributed by atoms with Crippen LogP contribution in [0.5, 0.6) is 5.75 Å². The number of hydrogen-bond donors (Lipinski definition) is 1. The van der Waals surface area contributed by atoms with E-state index in [9.17, 15) is 9.18 Å². The number of carbonyl (C=O) groups is 1. The second-order valence-corrected chi connectivity index (χ2v) is 10.1. The maximum absolute atomic E-state index is 13.7. The monoisotopic (exact) mass is 544 g/mol. The molecule has 1 amide bonds. The van der Waals surface area contributed by atoms with Crippen LogP contribution in [-0.2, 0) is 29.9 Å². The Labute approximate surface area is 233 Å². The van der Waals surface area contributed by atoms with E-state index < -0.39 is 0 Å². The summed E-state index contributed by atoms with van der Waals surface area (Å²) in [5.41, 5.74) is 3.96. The first kappa shape index (κ1) is 28.1. The molecule has 4 aromatic rings. The van der Waals surface area contributed by atoms with E-state index in [1.165, 1.54) is 23.9 Å². The molecule has 202 valence electrons. The largest absolute Gasteiger partial charge is 0.496 e. The lowest BCUT2D eigenvalue weighted by molar-refractivity contribution is -0.121. The Bertz CT molecular complexity index is 1400. The number of nitrogens with one attached hydrogen (secondary N) is 1. The van der Waals surface area contributed by atoms with Crippen molar-refractivity contribution in [3.63, 3.8) is 0 Å². The predicted molar refractivity (Wildman–Crippen MR) is 154 cm³/mol. The van der Waals surface area contributed by atoms with Gasteiger partial charge < -0.3 is 10.1 Å². The minimum absolute atomic E-state index is 0.00540. The number of unbranched alkanes of at least 4 members (excludes halogenated alkanes) is 1. The fraction of sp³-hybridized carbons (Fsp3) is 0.258. The number of ether oxygens (including phenoxy) is 1. The number of rotatable bonds is 14. The van der Waals surface area contributed by atoms with Crippen molar-refractivity contribution in [3.8, 4) is 11.4 Å². The highest BCUT2D eigenvalue weighted by molar-refractivity contribution is 7.98. The molecule has 8 heteroatoms. The Morgan fingerprint density at radius 2 is 1.87 bits per heavy atom. The smallest absolute Gasteiger partial charge is 0.220 e. The Kier molecular flexibility index (Phi) is 10.3.